The molecule has 0 aliphatic rings. The molecule has 8 heteroatoms. The fourth-order valence-corrected chi connectivity index (χ4v) is 2.54. The molecular weight excluding hydrogens is 316 g/mol. The van der Waals surface area contributed by atoms with E-state index in [4.69, 9.17) is 21.8 Å². The summed E-state index contributed by atoms with van der Waals surface area (Å²) in [7, 11) is 0. The second-order valence-corrected chi connectivity index (χ2v) is 5.40. The van der Waals surface area contributed by atoms with E-state index in [0.29, 0.717) is 39.9 Å². The number of nitrogens with two attached hydrogens (primary N) is 1. The van der Waals surface area contributed by atoms with Crippen LogP contribution in [0.4, 0.5) is 5.69 Å². The average Bonchev–Trinajstić information content (AvgIpc) is 3.20. The van der Waals surface area contributed by atoms with Crippen LogP contribution in [0.1, 0.15) is 5.56 Å². The van der Waals surface area contributed by atoms with Gasteiger partial charge in [0.15, 0.2) is 16.9 Å². The number of nitrogen functional groups attached to an aromatic ring is 1. The number of hydrogen-bond acceptors (Lipinski definition) is 6. The van der Waals surface area contributed by atoms with E-state index in [1.807, 2.05) is 12.1 Å². The zero-order chi connectivity index (χ0) is 15.8. The summed E-state index contributed by atoms with van der Waals surface area (Å²) in [5, 5.41) is 8.93. The average molecular weight is 327 g/mol. The van der Waals surface area contributed by atoms with E-state index < -0.39 is 0 Å². The molecule has 3 heterocycles. The Morgan fingerprint density at radius 2 is 2.13 bits per heavy atom. The Kier molecular flexibility index (Phi) is 3.20. The Hall–Kier alpha value is -2.93. The van der Waals surface area contributed by atoms with Crippen LogP contribution in [0.25, 0.3) is 22.6 Å². The lowest BCUT2D eigenvalue weighted by molar-refractivity contribution is 0.580. The van der Waals surface area contributed by atoms with Crippen molar-refractivity contribution >= 4 is 28.5 Å². The molecule has 1 aromatic carbocycles. The second-order valence-electron chi connectivity index (χ2n) is 4.96. The SMILES string of the molecule is Nc1cc(Cl)ccc1Cn1nnc2c(-c3ccco3)ncnc21. The lowest BCUT2D eigenvalue weighted by Gasteiger charge is -2.06. The molecule has 0 spiro atoms. The molecule has 114 valence electrons. The van der Waals surface area contributed by atoms with Gasteiger partial charge in [0, 0.05) is 10.7 Å². The molecule has 0 atom stereocenters. The van der Waals surface area contributed by atoms with Gasteiger partial charge in [-0.2, -0.15) is 0 Å². The van der Waals surface area contributed by atoms with Crippen molar-refractivity contribution in [1.82, 2.24) is 25.0 Å². The number of hydrogen-bond donors (Lipinski definition) is 1. The van der Waals surface area contributed by atoms with E-state index >= 15 is 0 Å². The molecule has 0 saturated carbocycles. The Morgan fingerprint density at radius 1 is 1.22 bits per heavy atom. The molecule has 0 amide bonds. The molecule has 0 fully saturated rings. The summed E-state index contributed by atoms with van der Waals surface area (Å²) in [5.74, 6) is 0.621. The Morgan fingerprint density at radius 3 is 2.91 bits per heavy atom. The van der Waals surface area contributed by atoms with E-state index in [0.717, 1.165) is 5.56 Å². The largest absolute Gasteiger partial charge is 0.463 e. The minimum absolute atomic E-state index is 0.439. The maximum atomic E-state index is 6.00. The van der Waals surface area contributed by atoms with Crippen molar-refractivity contribution in [2.24, 2.45) is 0 Å². The van der Waals surface area contributed by atoms with Crippen LogP contribution in [0.2, 0.25) is 5.02 Å². The predicted octanol–water partition coefficient (Wildman–Crippen LogP) is 2.77. The highest BCUT2D eigenvalue weighted by atomic mass is 35.5. The first-order chi connectivity index (χ1) is 11.2. The molecule has 0 aliphatic carbocycles. The monoisotopic (exact) mass is 326 g/mol. The second kappa shape index (κ2) is 5.36. The number of aromatic nitrogens is 5. The van der Waals surface area contributed by atoms with E-state index in [1.165, 1.54) is 6.33 Å². The summed E-state index contributed by atoms with van der Waals surface area (Å²) < 4.78 is 7.06. The van der Waals surface area contributed by atoms with Crippen molar-refractivity contribution < 1.29 is 4.42 Å². The highest BCUT2D eigenvalue weighted by molar-refractivity contribution is 6.30. The zero-order valence-corrected chi connectivity index (χ0v) is 12.6. The predicted molar refractivity (Wildman–Crippen MR) is 85.8 cm³/mol. The van der Waals surface area contributed by atoms with Gasteiger partial charge in [0.1, 0.15) is 12.0 Å². The van der Waals surface area contributed by atoms with E-state index in [2.05, 4.69) is 20.3 Å². The minimum Gasteiger partial charge on any atom is -0.463 e. The normalized spacial score (nSPS) is 11.2. The van der Waals surface area contributed by atoms with Gasteiger partial charge >= 0.3 is 0 Å². The first kappa shape index (κ1) is 13.7. The van der Waals surface area contributed by atoms with Crippen molar-refractivity contribution in [3.63, 3.8) is 0 Å². The summed E-state index contributed by atoms with van der Waals surface area (Å²) in [5.41, 5.74) is 9.28. The zero-order valence-electron chi connectivity index (χ0n) is 11.8. The van der Waals surface area contributed by atoms with E-state index in [1.54, 1.807) is 29.1 Å². The molecule has 3 aromatic heterocycles. The van der Waals surface area contributed by atoms with Crippen LogP contribution in [-0.4, -0.2) is 25.0 Å². The lowest BCUT2D eigenvalue weighted by Crippen LogP contribution is -2.05. The highest BCUT2D eigenvalue weighted by Gasteiger charge is 2.15. The number of nitrogens with zero attached hydrogens (tertiary/aromatic N) is 5. The van der Waals surface area contributed by atoms with Gasteiger partial charge in [0.05, 0.1) is 12.8 Å². The van der Waals surface area contributed by atoms with E-state index in [9.17, 15) is 0 Å². The van der Waals surface area contributed by atoms with Crippen molar-refractivity contribution in [2.45, 2.75) is 6.54 Å². The molecule has 23 heavy (non-hydrogen) atoms. The Balaban J connectivity index is 1.79. The minimum atomic E-state index is 0.439. The van der Waals surface area contributed by atoms with Gasteiger partial charge in [-0.25, -0.2) is 14.6 Å². The van der Waals surface area contributed by atoms with Gasteiger partial charge in [-0.05, 0) is 29.8 Å². The first-order valence-electron chi connectivity index (χ1n) is 6.84. The van der Waals surface area contributed by atoms with Crippen LogP contribution in [0.3, 0.4) is 0 Å². The first-order valence-corrected chi connectivity index (χ1v) is 7.22. The molecule has 0 radical (unpaired) electrons. The van der Waals surface area contributed by atoms with Crippen LogP contribution in [0, 0.1) is 0 Å². The maximum absolute atomic E-state index is 6.00. The Labute approximate surface area is 135 Å². The highest BCUT2D eigenvalue weighted by Crippen LogP contribution is 2.25. The molecule has 0 bridgehead atoms. The fraction of sp³-hybridized carbons (Fsp3) is 0.0667. The third-order valence-corrected chi connectivity index (χ3v) is 3.72. The van der Waals surface area contributed by atoms with Gasteiger partial charge < -0.3 is 10.2 Å². The smallest absolute Gasteiger partial charge is 0.182 e. The summed E-state index contributed by atoms with van der Waals surface area (Å²) >= 11 is 5.93. The van der Waals surface area contributed by atoms with E-state index in [-0.39, 0.29) is 0 Å². The molecule has 0 saturated heterocycles. The van der Waals surface area contributed by atoms with Gasteiger partial charge in [-0.15, -0.1) is 5.10 Å². The van der Waals surface area contributed by atoms with Gasteiger partial charge in [-0.1, -0.05) is 22.9 Å². The molecule has 2 N–H and O–H groups in total. The van der Waals surface area contributed by atoms with Crippen molar-refractivity contribution in [1.29, 1.82) is 0 Å². The number of fused-ring (bicyclic) bond motifs is 1. The summed E-state index contributed by atoms with van der Waals surface area (Å²) in [4.78, 5) is 8.51. The third kappa shape index (κ3) is 2.40. The van der Waals surface area contributed by atoms with Crippen LogP contribution in [0.5, 0.6) is 0 Å². The molecule has 0 aliphatic heterocycles. The lowest BCUT2D eigenvalue weighted by atomic mass is 10.2. The van der Waals surface area contributed by atoms with Crippen LogP contribution in [-0.2, 0) is 6.54 Å². The van der Waals surface area contributed by atoms with Gasteiger partial charge in [-0.3, -0.25) is 0 Å². The van der Waals surface area contributed by atoms with Crippen LogP contribution >= 0.6 is 11.6 Å². The summed E-state index contributed by atoms with van der Waals surface area (Å²) in [6.07, 6.45) is 3.05. The van der Waals surface area contributed by atoms with Crippen LogP contribution < -0.4 is 5.73 Å². The number of benzene rings is 1. The molecule has 4 rings (SSSR count). The number of rotatable bonds is 3. The Bertz CT molecular complexity index is 979. The van der Waals surface area contributed by atoms with Crippen molar-refractivity contribution in [3.8, 4) is 11.5 Å². The fourth-order valence-electron chi connectivity index (χ4n) is 2.36. The molecular formula is C15H11ClN6O. The quantitative estimate of drug-likeness (QED) is 0.581. The van der Waals surface area contributed by atoms with Gasteiger partial charge in [0.25, 0.3) is 0 Å². The molecule has 0 unspecified atom stereocenters. The number of anilines is 1. The van der Waals surface area contributed by atoms with Crippen LogP contribution in [0.15, 0.2) is 47.3 Å². The third-order valence-electron chi connectivity index (χ3n) is 3.48. The van der Waals surface area contributed by atoms with Crippen molar-refractivity contribution in [3.05, 3.63) is 53.5 Å². The van der Waals surface area contributed by atoms with Crippen molar-refractivity contribution in [2.75, 3.05) is 5.73 Å². The molecule has 7 nitrogen and oxygen atoms in total. The van der Waals surface area contributed by atoms with Gasteiger partial charge in [0.2, 0.25) is 0 Å². The summed E-state index contributed by atoms with van der Waals surface area (Å²) in [6.45, 7) is 0.439. The number of furan rings is 1. The number of halogens is 1. The maximum Gasteiger partial charge on any atom is 0.182 e. The topological polar surface area (TPSA) is 95.7 Å². The molecule has 4 aromatic rings. The summed E-state index contributed by atoms with van der Waals surface area (Å²) in [6, 6.07) is 8.97. The standard InChI is InChI=1S/C15H11ClN6O/c16-10-4-3-9(11(17)6-10)7-22-15-14(20-21-22)13(18-8-19-15)12-2-1-5-23-12/h1-6,8H,7,17H2.